The molecule has 0 amide bonds. The van der Waals surface area contributed by atoms with E-state index in [2.05, 4.69) is 10.1 Å². The van der Waals surface area contributed by atoms with Crippen LogP contribution >= 0.6 is 0 Å². The predicted molar refractivity (Wildman–Crippen MR) is 86.7 cm³/mol. The van der Waals surface area contributed by atoms with Gasteiger partial charge in [0.15, 0.2) is 0 Å². The molecule has 1 aliphatic carbocycles. The molecule has 0 saturated heterocycles. The van der Waals surface area contributed by atoms with Gasteiger partial charge in [-0.05, 0) is 38.8 Å². The highest BCUT2D eigenvalue weighted by atomic mass is 16.5. The van der Waals surface area contributed by atoms with Crippen molar-refractivity contribution in [1.29, 1.82) is 0 Å². The number of aromatic carboxylic acids is 1. The van der Waals surface area contributed by atoms with Gasteiger partial charge in [-0.15, -0.1) is 0 Å². The minimum atomic E-state index is -0.988. The Morgan fingerprint density at radius 1 is 1.26 bits per heavy atom. The van der Waals surface area contributed by atoms with Crippen LogP contribution in [-0.2, 0) is 0 Å². The van der Waals surface area contributed by atoms with Crippen LogP contribution in [0.25, 0.3) is 0 Å². The molecule has 1 saturated carbocycles. The molecule has 0 bridgehead atoms. The van der Waals surface area contributed by atoms with Crippen molar-refractivity contribution in [3.05, 3.63) is 23.3 Å². The van der Waals surface area contributed by atoms with Gasteiger partial charge in [-0.1, -0.05) is 0 Å². The Labute approximate surface area is 135 Å². The minimum absolute atomic E-state index is 0.0570. The molecule has 6 heteroatoms. The van der Waals surface area contributed by atoms with E-state index in [1.54, 1.807) is 12.1 Å². The summed E-state index contributed by atoms with van der Waals surface area (Å²) in [6, 6.07) is 3.72. The molecule has 23 heavy (non-hydrogen) atoms. The van der Waals surface area contributed by atoms with E-state index in [1.165, 1.54) is 12.8 Å². The van der Waals surface area contributed by atoms with E-state index in [-0.39, 0.29) is 11.5 Å². The van der Waals surface area contributed by atoms with Crippen LogP contribution in [0.2, 0.25) is 0 Å². The molecule has 1 atom stereocenters. The van der Waals surface area contributed by atoms with Gasteiger partial charge in [-0.3, -0.25) is 5.01 Å². The number of hydrogen-bond acceptors (Lipinski definition) is 5. The summed E-state index contributed by atoms with van der Waals surface area (Å²) in [4.78, 5) is 11.4. The molecule has 1 N–H and O–H groups in total. The fourth-order valence-corrected chi connectivity index (χ4v) is 2.88. The molecule has 1 fully saturated rings. The number of hydrazone groups is 1. The van der Waals surface area contributed by atoms with Crippen LogP contribution in [0, 0.1) is 0 Å². The van der Waals surface area contributed by atoms with Gasteiger partial charge in [0.25, 0.3) is 0 Å². The SMILES string of the molecule is CCOc1cc(C(=O)O)cc(OCC)c1C1C=NN(C2CC2)C1. The lowest BCUT2D eigenvalue weighted by Gasteiger charge is -2.21. The van der Waals surface area contributed by atoms with E-state index < -0.39 is 5.97 Å². The van der Waals surface area contributed by atoms with Crippen molar-refractivity contribution in [2.45, 2.75) is 38.6 Å². The summed E-state index contributed by atoms with van der Waals surface area (Å²) in [5.41, 5.74) is 1.07. The van der Waals surface area contributed by atoms with Gasteiger partial charge in [-0.25, -0.2) is 4.79 Å². The third-order valence-corrected chi connectivity index (χ3v) is 4.07. The maximum absolute atomic E-state index is 11.4. The average molecular weight is 318 g/mol. The molecular formula is C17H22N2O4. The normalized spacial score (nSPS) is 19.9. The monoisotopic (exact) mass is 318 g/mol. The maximum atomic E-state index is 11.4. The van der Waals surface area contributed by atoms with Crippen molar-refractivity contribution in [3.8, 4) is 11.5 Å². The van der Waals surface area contributed by atoms with Crippen molar-refractivity contribution < 1.29 is 19.4 Å². The maximum Gasteiger partial charge on any atom is 0.335 e. The Morgan fingerprint density at radius 3 is 2.35 bits per heavy atom. The molecule has 0 spiro atoms. The van der Waals surface area contributed by atoms with Crippen molar-refractivity contribution in [2.24, 2.45) is 5.10 Å². The molecule has 3 rings (SSSR count). The van der Waals surface area contributed by atoms with Gasteiger partial charge in [0.2, 0.25) is 0 Å². The van der Waals surface area contributed by atoms with E-state index in [1.807, 2.05) is 20.1 Å². The number of carboxylic acid groups (broad SMARTS) is 1. The smallest absolute Gasteiger partial charge is 0.335 e. The molecule has 124 valence electrons. The van der Waals surface area contributed by atoms with E-state index >= 15 is 0 Å². The van der Waals surface area contributed by atoms with Gasteiger partial charge in [0.05, 0.1) is 18.8 Å². The Balaban J connectivity index is 1.98. The first kappa shape index (κ1) is 15.6. The van der Waals surface area contributed by atoms with Crippen LogP contribution in [0.3, 0.4) is 0 Å². The van der Waals surface area contributed by atoms with Crippen LogP contribution in [0.1, 0.15) is 48.5 Å². The Kier molecular flexibility index (Phi) is 4.41. The molecule has 1 unspecified atom stereocenters. The zero-order valence-corrected chi connectivity index (χ0v) is 13.5. The minimum Gasteiger partial charge on any atom is -0.493 e. The molecule has 1 aromatic rings. The molecule has 1 heterocycles. The summed E-state index contributed by atoms with van der Waals surface area (Å²) >= 11 is 0. The second-order valence-corrected chi connectivity index (χ2v) is 5.78. The van der Waals surface area contributed by atoms with Gasteiger partial charge in [-0.2, -0.15) is 5.10 Å². The van der Waals surface area contributed by atoms with Crippen molar-refractivity contribution in [3.63, 3.8) is 0 Å². The zero-order valence-electron chi connectivity index (χ0n) is 13.5. The first-order valence-electron chi connectivity index (χ1n) is 8.11. The second kappa shape index (κ2) is 6.48. The Hall–Kier alpha value is -2.24. The number of carboxylic acids is 1. The summed E-state index contributed by atoms with van der Waals surface area (Å²) in [6.07, 6.45) is 4.30. The van der Waals surface area contributed by atoms with Gasteiger partial charge in [0.1, 0.15) is 11.5 Å². The number of nitrogens with zero attached hydrogens (tertiary/aromatic N) is 2. The van der Waals surface area contributed by atoms with E-state index in [9.17, 15) is 9.90 Å². The van der Waals surface area contributed by atoms with Crippen LogP contribution in [0.15, 0.2) is 17.2 Å². The fourth-order valence-electron chi connectivity index (χ4n) is 2.88. The largest absolute Gasteiger partial charge is 0.493 e. The van der Waals surface area contributed by atoms with Gasteiger partial charge >= 0.3 is 5.97 Å². The van der Waals surface area contributed by atoms with Gasteiger partial charge < -0.3 is 14.6 Å². The van der Waals surface area contributed by atoms with Crippen LogP contribution in [0.5, 0.6) is 11.5 Å². The molecule has 2 aliphatic rings. The number of ether oxygens (including phenoxy) is 2. The molecule has 1 aliphatic heterocycles. The van der Waals surface area contributed by atoms with Gasteiger partial charge in [0, 0.05) is 30.3 Å². The number of hydrogen-bond donors (Lipinski definition) is 1. The first-order chi connectivity index (χ1) is 11.1. The highest BCUT2D eigenvalue weighted by molar-refractivity contribution is 5.89. The lowest BCUT2D eigenvalue weighted by atomic mass is 9.96. The summed E-state index contributed by atoms with van der Waals surface area (Å²) in [7, 11) is 0. The van der Waals surface area contributed by atoms with E-state index in [4.69, 9.17) is 9.47 Å². The molecule has 0 aromatic heterocycles. The standard InChI is InChI=1S/C17H22N2O4/c1-3-22-14-7-11(17(20)21)8-15(23-4-2)16(14)12-9-18-19(10-12)13-5-6-13/h7-9,12-13H,3-6,10H2,1-2H3,(H,20,21). The number of carbonyl (C=O) groups is 1. The van der Waals surface area contributed by atoms with Crippen LogP contribution < -0.4 is 9.47 Å². The average Bonchev–Trinajstić information content (AvgIpc) is 3.26. The third-order valence-electron chi connectivity index (χ3n) is 4.07. The topological polar surface area (TPSA) is 71.4 Å². The predicted octanol–water partition coefficient (Wildman–Crippen LogP) is 2.73. The summed E-state index contributed by atoms with van der Waals surface area (Å²) in [5.74, 6) is 0.217. The molecular weight excluding hydrogens is 296 g/mol. The quantitative estimate of drug-likeness (QED) is 0.837. The lowest BCUT2D eigenvalue weighted by Crippen LogP contribution is -2.20. The van der Waals surface area contributed by atoms with Crippen molar-refractivity contribution >= 4 is 12.2 Å². The van der Waals surface area contributed by atoms with E-state index in [0.29, 0.717) is 30.8 Å². The highest BCUT2D eigenvalue weighted by Gasteiger charge is 2.35. The number of benzene rings is 1. The zero-order chi connectivity index (χ0) is 16.4. The first-order valence-corrected chi connectivity index (χ1v) is 8.11. The van der Waals surface area contributed by atoms with Crippen molar-refractivity contribution in [2.75, 3.05) is 19.8 Å². The number of rotatable bonds is 7. The molecule has 6 nitrogen and oxygen atoms in total. The van der Waals surface area contributed by atoms with Crippen molar-refractivity contribution in [1.82, 2.24) is 5.01 Å². The lowest BCUT2D eigenvalue weighted by molar-refractivity contribution is 0.0695. The van der Waals surface area contributed by atoms with Crippen LogP contribution in [0.4, 0.5) is 0 Å². The highest BCUT2D eigenvalue weighted by Crippen LogP contribution is 2.40. The Morgan fingerprint density at radius 2 is 1.87 bits per heavy atom. The van der Waals surface area contributed by atoms with Crippen LogP contribution in [-0.4, -0.2) is 48.1 Å². The molecule has 0 radical (unpaired) electrons. The Bertz CT molecular complexity index is 598. The third kappa shape index (κ3) is 3.25. The summed E-state index contributed by atoms with van der Waals surface area (Å²) in [6.45, 7) is 5.50. The second-order valence-electron chi connectivity index (χ2n) is 5.78. The summed E-state index contributed by atoms with van der Waals surface area (Å²) in [5, 5.41) is 15.9. The summed E-state index contributed by atoms with van der Waals surface area (Å²) < 4.78 is 11.4. The fraction of sp³-hybridized carbons (Fsp3) is 0.529. The van der Waals surface area contributed by atoms with E-state index in [0.717, 1.165) is 12.1 Å². The molecule has 1 aromatic carbocycles.